The number of rotatable bonds is 5. The SMILES string of the molecule is CC(F)(F)C(F)(OC(F)(F)C(F)(F)C(F)(F)F)C(=O)OF. The van der Waals surface area contributed by atoms with E-state index in [-0.39, 0.29) is 0 Å². The lowest BCUT2D eigenvalue weighted by molar-refractivity contribution is -0.466. The van der Waals surface area contributed by atoms with Crippen molar-refractivity contribution in [3.8, 4) is 0 Å². The fourth-order valence-corrected chi connectivity index (χ4v) is 0.766. The minimum Gasteiger partial charge on any atom is -0.263 e. The van der Waals surface area contributed by atoms with E-state index in [2.05, 4.69) is 0 Å². The van der Waals surface area contributed by atoms with Crippen molar-refractivity contribution in [2.24, 2.45) is 0 Å². The van der Waals surface area contributed by atoms with E-state index >= 15 is 0 Å². The van der Waals surface area contributed by atoms with E-state index in [1.165, 1.54) is 0 Å². The van der Waals surface area contributed by atoms with Crippen LogP contribution in [0.1, 0.15) is 6.92 Å². The molecule has 0 N–H and O–H groups in total. The molecular formula is C7H3F11O3. The van der Waals surface area contributed by atoms with Gasteiger partial charge in [0, 0.05) is 11.4 Å². The van der Waals surface area contributed by atoms with Gasteiger partial charge in [-0.05, 0) is 0 Å². The number of hydrogen-bond donors (Lipinski definition) is 0. The van der Waals surface area contributed by atoms with E-state index in [0.717, 1.165) is 0 Å². The van der Waals surface area contributed by atoms with Gasteiger partial charge in [-0.15, -0.1) is 0 Å². The fourth-order valence-electron chi connectivity index (χ4n) is 0.766. The van der Waals surface area contributed by atoms with Crippen molar-refractivity contribution in [2.45, 2.75) is 36.9 Å². The lowest BCUT2D eigenvalue weighted by Crippen LogP contribution is -2.62. The molecule has 1 unspecified atom stereocenters. The Bertz CT molecular complexity index is 398. The third kappa shape index (κ3) is 3.29. The zero-order valence-corrected chi connectivity index (χ0v) is 9.38. The van der Waals surface area contributed by atoms with Crippen LogP contribution in [0.2, 0.25) is 0 Å². The Balaban J connectivity index is 5.82. The summed E-state index contributed by atoms with van der Waals surface area (Å²) in [6.07, 6.45) is -14.0. The summed E-state index contributed by atoms with van der Waals surface area (Å²) in [5.41, 5.74) is 0. The maximum Gasteiger partial charge on any atom is 0.462 e. The van der Waals surface area contributed by atoms with Gasteiger partial charge in [0.2, 0.25) is 0 Å². The van der Waals surface area contributed by atoms with Crippen LogP contribution in [0.3, 0.4) is 0 Å². The molecule has 0 aliphatic heterocycles. The van der Waals surface area contributed by atoms with Gasteiger partial charge in [0.25, 0.3) is 0 Å². The first-order chi connectivity index (χ1) is 8.94. The maximum atomic E-state index is 13.2. The second-order valence-corrected chi connectivity index (χ2v) is 3.54. The summed E-state index contributed by atoms with van der Waals surface area (Å²) in [5, 5.41) is 0. The molecule has 3 nitrogen and oxygen atoms in total. The molecule has 21 heavy (non-hydrogen) atoms. The summed E-state index contributed by atoms with van der Waals surface area (Å²) >= 11 is 0. The molecule has 0 spiro atoms. The second-order valence-electron chi connectivity index (χ2n) is 3.54. The molecule has 0 fully saturated rings. The summed E-state index contributed by atoms with van der Waals surface area (Å²) in [6.45, 7) is -0.730. The van der Waals surface area contributed by atoms with Crippen molar-refractivity contribution >= 4 is 5.97 Å². The van der Waals surface area contributed by atoms with Crippen LogP contribution in [0.25, 0.3) is 0 Å². The topological polar surface area (TPSA) is 35.5 Å². The van der Waals surface area contributed by atoms with E-state index in [1.54, 1.807) is 0 Å². The van der Waals surface area contributed by atoms with Crippen molar-refractivity contribution in [3.05, 3.63) is 0 Å². The molecule has 0 aliphatic carbocycles. The van der Waals surface area contributed by atoms with Crippen molar-refractivity contribution in [3.63, 3.8) is 0 Å². The minimum absolute atomic E-state index is 0.730. The summed E-state index contributed by atoms with van der Waals surface area (Å²) < 4.78 is 137. The minimum atomic E-state index is -7.17. The summed E-state index contributed by atoms with van der Waals surface area (Å²) in [7, 11) is 0. The molecule has 0 aromatic heterocycles. The van der Waals surface area contributed by atoms with E-state index in [9.17, 15) is 53.2 Å². The van der Waals surface area contributed by atoms with Crippen molar-refractivity contribution in [2.75, 3.05) is 0 Å². The predicted octanol–water partition coefficient (Wildman–Crippen LogP) is 3.54. The van der Waals surface area contributed by atoms with Crippen LogP contribution < -0.4 is 0 Å². The molecule has 0 rings (SSSR count). The molecule has 0 heterocycles. The zero-order valence-electron chi connectivity index (χ0n) is 9.38. The lowest BCUT2D eigenvalue weighted by Gasteiger charge is -2.34. The Morgan fingerprint density at radius 3 is 1.48 bits per heavy atom. The molecule has 0 saturated heterocycles. The Morgan fingerprint density at radius 2 is 1.24 bits per heavy atom. The first kappa shape index (κ1) is 19.7. The third-order valence-electron chi connectivity index (χ3n) is 1.89. The third-order valence-corrected chi connectivity index (χ3v) is 1.89. The van der Waals surface area contributed by atoms with Gasteiger partial charge in [0.05, 0.1) is 0 Å². The first-order valence-electron chi connectivity index (χ1n) is 4.36. The number of halogens is 11. The molecule has 126 valence electrons. The van der Waals surface area contributed by atoms with E-state index in [4.69, 9.17) is 0 Å². The first-order valence-corrected chi connectivity index (χ1v) is 4.36. The number of ether oxygens (including phenoxy) is 1. The van der Waals surface area contributed by atoms with Crippen LogP contribution in [0, 0.1) is 0 Å². The van der Waals surface area contributed by atoms with Crippen LogP contribution in [-0.4, -0.2) is 36.0 Å². The summed E-state index contributed by atoms with van der Waals surface area (Å²) in [4.78, 5) is 12.1. The Morgan fingerprint density at radius 1 is 0.857 bits per heavy atom. The van der Waals surface area contributed by atoms with Crippen LogP contribution in [-0.2, 0) is 14.5 Å². The van der Waals surface area contributed by atoms with E-state index in [1.807, 2.05) is 9.68 Å². The average Bonchev–Trinajstić information content (AvgIpc) is 2.23. The van der Waals surface area contributed by atoms with Gasteiger partial charge < -0.3 is 0 Å². The van der Waals surface area contributed by atoms with Gasteiger partial charge in [-0.1, -0.05) is 0 Å². The van der Waals surface area contributed by atoms with Gasteiger partial charge in [-0.2, -0.15) is 43.9 Å². The average molecular weight is 344 g/mol. The molecule has 0 saturated carbocycles. The van der Waals surface area contributed by atoms with E-state index < -0.39 is 42.9 Å². The largest absolute Gasteiger partial charge is 0.462 e. The molecule has 1 atom stereocenters. The van der Waals surface area contributed by atoms with Gasteiger partial charge in [-0.3, -0.25) is 4.74 Å². The molecule has 0 aliphatic rings. The summed E-state index contributed by atoms with van der Waals surface area (Å²) in [6, 6.07) is 0. The quantitative estimate of drug-likeness (QED) is 0.716. The molecule has 0 amide bonds. The highest BCUT2D eigenvalue weighted by atomic mass is 19.4. The highest BCUT2D eigenvalue weighted by molar-refractivity contribution is 5.78. The number of hydrogen-bond acceptors (Lipinski definition) is 3. The van der Waals surface area contributed by atoms with Crippen molar-refractivity contribution < 1.29 is 62.9 Å². The maximum absolute atomic E-state index is 13.2. The van der Waals surface area contributed by atoms with Gasteiger partial charge in [0.1, 0.15) is 0 Å². The molecule has 0 radical (unpaired) electrons. The normalized spacial score (nSPS) is 17.3. The Kier molecular flexibility index (Phi) is 4.81. The fraction of sp³-hybridized carbons (Fsp3) is 0.857. The number of carbonyl (C=O) groups excluding carboxylic acids is 1. The van der Waals surface area contributed by atoms with Gasteiger partial charge >= 0.3 is 36.0 Å². The van der Waals surface area contributed by atoms with Crippen LogP contribution in [0.15, 0.2) is 0 Å². The van der Waals surface area contributed by atoms with Gasteiger partial charge in [0.15, 0.2) is 0 Å². The summed E-state index contributed by atoms with van der Waals surface area (Å²) in [5.74, 6) is -22.2. The van der Waals surface area contributed by atoms with E-state index in [0.29, 0.717) is 0 Å². The van der Waals surface area contributed by atoms with Crippen molar-refractivity contribution in [1.82, 2.24) is 0 Å². The zero-order chi connectivity index (χ0) is 17.5. The second kappa shape index (κ2) is 5.14. The molecule has 0 bridgehead atoms. The van der Waals surface area contributed by atoms with Crippen LogP contribution in [0.5, 0.6) is 0 Å². The smallest absolute Gasteiger partial charge is 0.263 e. The monoisotopic (exact) mass is 344 g/mol. The highest BCUT2D eigenvalue weighted by Gasteiger charge is 2.79. The van der Waals surface area contributed by atoms with Crippen LogP contribution in [0.4, 0.5) is 48.4 Å². The number of alkyl halides is 10. The Hall–Kier alpha value is -1.34. The molecule has 14 heteroatoms. The van der Waals surface area contributed by atoms with Crippen molar-refractivity contribution in [1.29, 1.82) is 0 Å². The highest BCUT2D eigenvalue weighted by Crippen LogP contribution is 2.50. The molecule has 0 aromatic rings. The predicted molar refractivity (Wildman–Crippen MR) is 38.7 cm³/mol. The lowest BCUT2D eigenvalue weighted by atomic mass is 10.1. The molecule has 0 aromatic carbocycles. The number of carbonyl (C=O) groups is 1. The molecular weight excluding hydrogens is 341 g/mol. The Labute approximate surface area is 107 Å². The van der Waals surface area contributed by atoms with Crippen LogP contribution >= 0.6 is 0 Å². The standard InChI is InChI=1S/C7H3F11O3/c1-3(8,9)4(10,2(19)20-18)21-7(16,17)5(11,12)6(13,14)15/h1H3. The van der Waals surface area contributed by atoms with Gasteiger partial charge in [-0.25, -0.2) is 9.74 Å².